The molecule has 158 valence electrons. The third-order valence-electron chi connectivity index (χ3n) is 5.49. The van der Waals surface area contributed by atoms with Crippen LogP contribution in [0.1, 0.15) is 48.1 Å². The van der Waals surface area contributed by atoms with Crippen LogP contribution in [0.15, 0.2) is 59.4 Å². The third kappa shape index (κ3) is 4.49. The molecule has 0 aromatic heterocycles. The van der Waals surface area contributed by atoms with Gasteiger partial charge in [0.2, 0.25) is 0 Å². The number of benzene rings is 2. The summed E-state index contributed by atoms with van der Waals surface area (Å²) in [7, 11) is 1.74. The number of rotatable bonds is 5. The number of aryl methyl sites for hydroxylation is 1. The molecule has 0 amide bonds. The number of fused-ring (bicyclic) bond motifs is 1. The van der Waals surface area contributed by atoms with Crippen LogP contribution < -0.4 is 22.6 Å². The van der Waals surface area contributed by atoms with Crippen molar-refractivity contribution >= 4 is 23.2 Å². The molecule has 0 aliphatic carbocycles. The standard InChI is InChI=1S/C24H32N6/c1-4-22(26)24-20-10-7-17(18(14-25)15-28-3)13-21(20)23(11-12-30(24)27)29-19-8-5-16(2)6-9-19/h5-10,13-15,23,29H,4,11-12,25-27H2,1-3H3/b18-14?,24-22-,28-15?. The second kappa shape index (κ2) is 9.50. The SMILES string of the molecule is CC/C(N)=C1\c2ccc(C(C=NC)=CN)cc2C(Nc2ccc(C)cc2)CCN1N. The van der Waals surface area contributed by atoms with Gasteiger partial charge in [-0.05, 0) is 49.1 Å². The van der Waals surface area contributed by atoms with Crippen LogP contribution in [0.2, 0.25) is 0 Å². The predicted octanol–water partition coefficient (Wildman–Crippen LogP) is 3.77. The largest absolute Gasteiger partial charge is 0.404 e. The lowest BCUT2D eigenvalue weighted by atomic mass is 9.92. The minimum Gasteiger partial charge on any atom is -0.404 e. The van der Waals surface area contributed by atoms with E-state index < -0.39 is 0 Å². The zero-order valence-electron chi connectivity index (χ0n) is 18.0. The number of anilines is 1. The number of nitrogens with zero attached hydrogens (tertiary/aromatic N) is 2. The quantitative estimate of drug-likeness (QED) is 0.448. The molecule has 0 radical (unpaired) electrons. The molecule has 30 heavy (non-hydrogen) atoms. The first-order chi connectivity index (χ1) is 14.5. The van der Waals surface area contributed by atoms with Gasteiger partial charge in [0, 0.05) is 48.5 Å². The molecular formula is C24H32N6. The predicted molar refractivity (Wildman–Crippen MR) is 127 cm³/mol. The summed E-state index contributed by atoms with van der Waals surface area (Å²) >= 11 is 0. The second-order valence-corrected chi connectivity index (χ2v) is 7.58. The summed E-state index contributed by atoms with van der Waals surface area (Å²) in [6.07, 6.45) is 4.93. The van der Waals surface area contributed by atoms with Crippen LogP contribution >= 0.6 is 0 Å². The van der Waals surface area contributed by atoms with E-state index in [-0.39, 0.29) is 6.04 Å². The van der Waals surface area contributed by atoms with E-state index in [9.17, 15) is 0 Å². The van der Waals surface area contributed by atoms with Gasteiger partial charge >= 0.3 is 0 Å². The highest BCUT2D eigenvalue weighted by atomic mass is 15.4. The maximum absolute atomic E-state index is 6.43. The van der Waals surface area contributed by atoms with E-state index in [2.05, 4.69) is 53.6 Å². The molecule has 2 aromatic carbocycles. The Balaban J connectivity index is 2.15. The van der Waals surface area contributed by atoms with Gasteiger partial charge in [0.05, 0.1) is 11.7 Å². The molecule has 1 aliphatic rings. The van der Waals surface area contributed by atoms with Gasteiger partial charge in [-0.1, -0.05) is 36.8 Å². The highest BCUT2D eigenvalue weighted by Gasteiger charge is 2.26. The van der Waals surface area contributed by atoms with E-state index in [0.29, 0.717) is 6.54 Å². The van der Waals surface area contributed by atoms with Crippen LogP contribution in [0.4, 0.5) is 5.69 Å². The molecule has 0 spiro atoms. The van der Waals surface area contributed by atoms with Gasteiger partial charge in [0.1, 0.15) is 0 Å². The van der Waals surface area contributed by atoms with Crippen LogP contribution in [-0.2, 0) is 0 Å². The maximum atomic E-state index is 6.43. The first kappa shape index (κ1) is 21.5. The van der Waals surface area contributed by atoms with Gasteiger partial charge in [-0.15, -0.1) is 0 Å². The van der Waals surface area contributed by atoms with Crippen LogP contribution in [-0.4, -0.2) is 24.8 Å². The Morgan fingerprint density at radius 3 is 2.60 bits per heavy atom. The molecule has 3 rings (SSSR count). The number of hydrazine groups is 1. The number of hydrogen-bond donors (Lipinski definition) is 4. The number of nitrogens with one attached hydrogen (secondary N) is 1. The number of allylic oxidation sites excluding steroid dienone is 2. The molecule has 1 heterocycles. The Labute approximate surface area is 179 Å². The summed E-state index contributed by atoms with van der Waals surface area (Å²) < 4.78 is 0. The van der Waals surface area contributed by atoms with Crippen molar-refractivity contribution in [2.75, 3.05) is 18.9 Å². The Kier molecular flexibility index (Phi) is 6.79. The van der Waals surface area contributed by atoms with Crippen LogP contribution in [0.3, 0.4) is 0 Å². The van der Waals surface area contributed by atoms with Crippen molar-refractivity contribution in [1.29, 1.82) is 0 Å². The molecule has 6 nitrogen and oxygen atoms in total. The minimum absolute atomic E-state index is 0.0773. The lowest BCUT2D eigenvalue weighted by Gasteiger charge is -2.23. The minimum atomic E-state index is 0.0773. The van der Waals surface area contributed by atoms with Gasteiger partial charge < -0.3 is 21.8 Å². The summed E-state index contributed by atoms with van der Waals surface area (Å²) in [6, 6.07) is 14.8. The van der Waals surface area contributed by atoms with Crippen LogP contribution in [0.5, 0.6) is 0 Å². The number of hydrogen-bond acceptors (Lipinski definition) is 6. The van der Waals surface area contributed by atoms with E-state index in [1.165, 1.54) is 5.56 Å². The smallest absolute Gasteiger partial charge is 0.0780 e. The average molecular weight is 405 g/mol. The molecule has 1 aliphatic heterocycles. The van der Waals surface area contributed by atoms with Crippen molar-refractivity contribution in [1.82, 2.24) is 5.01 Å². The van der Waals surface area contributed by atoms with E-state index in [1.54, 1.807) is 24.5 Å². The summed E-state index contributed by atoms with van der Waals surface area (Å²) in [4.78, 5) is 4.13. The van der Waals surface area contributed by atoms with Crippen molar-refractivity contribution in [3.8, 4) is 0 Å². The van der Waals surface area contributed by atoms with Gasteiger partial charge in [-0.2, -0.15) is 0 Å². The molecule has 1 atom stereocenters. The molecule has 0 saturated heterocycles. The first-order valence-electron chi connectivity index (χ1n) is 10.3. The summed E-state index contributed by atoms with van der Waals surface area (Å²) in [5.41, 5.74) is 20.3. The number of nitrogens with two attached hydrogens (primary N) is 3. The monoisotopic (exact) mass is 404 g/mol. The zero-order valence-corrected chi connectivity index (χ0v) is 18.0. The molecule has 0 fully saturated rings. The van der Waals surface area contributed by atoms with Gasteiger partial charge in [-0.25, -0.2) is 5.84 Å². The van der Waals surface area contributed by atoms with Gasteiger partial charge in [0.25, 0.3) is 0 Å². The third-order valence-corrected chi connectivity index (χ3v) is 5.49. The second-order valence-electron chi connectivity index (χ2n) is 7.58. The topological polar surface area (TPSA) is 106 Å². The van der Waals surface area contributed by atoms with Gasteiger partial charge in [-0.3, -0.25) is 4.99 Å². The molecular weight excluding hydrogens is 372 g/mol. The zero-order chi connectivity index (χ0) is 21.7. The fourth-order valence-corrected chi connectivity index (χ4v) is 3.82. The molecule has 1 unspecified atom stereocenters. The van der Waals surface area contributed by atoms with Gasteiger partial charge in [0.15, 0.2) is 0 Å². The Bertz CT molecular complexity index is 972. The van der Waals surface area contributed by atoms with Crippen LogP contribution in [0.25, 0.3) is 11.3 Å². The molecule has 7 N–H and O–H groups in total. The maximum Gasteiger partial charge on any atom is 0.0780 e. The van der Waals surface area contributed by atoms with E-state index in [4.69, 9.17) is 17.3 Å². The average Bonchev–Trinajstić information content (AvgIpc) is 2.89. The van der Waals surface area contributed by atoms with Crippen molar-refractivity contribution < 1.29 is 0 Å². The summed E-state index contributed by atoms with van der Waals surface area (Å²) in [5.74, 6) is 6.43. The molecule has 0 saturated carbocycles. The van der Waals surface area contributed by atoms with Crippen molar-refractivity contribution in [3.63, 3.8) is 0 Å². The molecule has 2 aromatic rings. The lowest BCUT2D eigenvalue weighted by Crippen LogP contribution is -2.31. The fourth-order valence-electron chi connectivity index (χ4n) is 3.82. The van der Waals surface area contributed by atoms with Crippen molar-refractivity contribution in [2.45, 2.75) is 32.7 Å². The number of aliphatic imine (C=N–C) groups is 1. The van der Waals surface area contributed by atoms with Crippen LogP contribution in [0, 0.1) is 6.92 Å². The van der Waals surface area contributed by atoms with Crippen molar-refractivity contribution in [3.05, 3.63) is 76.6 Å². The Hall–Kier alpha value is -3.25. The van der Waals surface area contributed by atoms with E-state index in [1.807, 2.05) is 13.0 Å². The normalized spacial score (nSPS) is 18.9. The highest BCUT2D eigenvalue weighted by molar-refractivity contribution is 6.09. The fraction of sp³-hybridized carbons (Fsp3) is 0.292. The summed E-state index contributed by atoms with van der Waals surface area (Å²) in [6.45, 7) is 4.83. The van der Waals surface area contributed by atoms with E-state index in [0.717, 1.165) is 52.2 Å². The van der Waals surface area contributed by atoms with E-state index >= 15 is 0 Å². The lowest BCUT2D eigenvalue weighted by molar-refractivity contribution is 0.401. The Morgan fingerprint density at radius 1 is 1.23 bits per heavy atom. The summed E-state index contributed by atoms with van der Waals surface area (Å²) in [5, 5.41) is 5.47. The highest BCUT2D eigenvalue weighted by Crippen LogP contribution is 2.36. The first-order valence-corrected chi connectivity index (χ1v) is 10.3. The molecule has 6 heteroatoms. The Morgan fingerprint density at radius 2 is 1.97 bits per heavy atom. The van der Waals surface area contributed by atoms with Crippen molar-refractivity contribution in [2.24, 2.45) is 22.3 Å². The molecule has 0 bridgehead atoms.